The van der Waals surface area contributed by atoms with Crippen molar-refractivity contribution < 1.29 is 0 Å². The highest BCUT2D eigenvalue weighted by atomic mass is 32.2. The zero-order chi connectivity index (χ0) is 11.7. The summed E-state index contributed by atoms with van der Waals surface area (Å²) >= 11 is 2.12. The third-order valence-electron chi connectivity index (χ3n) is 5.31. The summed E-state index contributed by atoms with van der Waals surface area (Å²) in [6.45, 7) is 2.20. The van der Waals surface area contributed by atoms with Crippen LogP contribution in [0.5, 0.6) is 0 Å². The molecule has 0 aromatic carbocycles. The molecule has 0 bridgehead atoms. The number of nitrogens with two attached hydrogens (primary N) is 1. The van der Waals surface area contributed by atoms with E-state index in [9.17, 15) is 0 Å². The second kappa shape index (κ2) is 5.10. The molecule has 2 nitrogen and oxygen atoms in total. The van der Waals surface area contributed by atoms with Crippen molar-refractivity contribution in [3.63, 3.8) is 0 Å². The van der Waals surface area contributed by atoms with E-state index in [1.54, 1.807) is 0 Å². The quantitative estimate of drug-likeness (QED) is 0.839. The van der Waals surface area contributed by atoms with Crippen LogP contribution in [0.15, 0.2) is 0 Å². The lowest BCUT2D eigenvalue weighted by atomic mass is 9.90. The molecule has 2 saturated heterocycles. The minimum atomic E-state index is 0.369. The lowest BCUT2D eigenvalue weighted by molar-refractivity contribution is 0.0721. The van der Waals surface area contributed by atoms with Crippen LogP contribution in [0.2, 0.25) is 0 Å². The zero-order valence-corrected chi connectivity index (χ0v) is 11.7. The fourth-order valence-corrected chi connectivity index (χ4v) is 5.79. The van der Waals surface area contributed by atoms with E-state index in [1.807, 2.05) is 0 Å². The largest absolute Gasteiger partial charge is 0.329 e. The molecule has 98 valence electrons. The topological polar surface area (TPSA) is 29.3 Å². The molecule has 2 atom stereocenters. The first-order chi connectivity index (χ1) is 8.36. The second-order valence-corrected chi connectivity index (χ2v) is 7.28. The number of hydrogen-bond acceptors (Lipinski definition) is 3. The normalized spacial score (nSPS) is 40.4. The average Bonchev–Trinajstić information content (AvgIpc) is 3.10. The maximum absolute atomic E-state index is 6.15. The SMILES string of the molecule is NCC1(N2CCCC2C2CCCC2)CCSC1. The van der Waals surface area contributed by atoms with Gasteiger partial charge in [-0.05, 0) is 50.3 Å². The molecule has 0 radical (unpaired) electrons. The molecule has 0 aromatic heterocycles. The Labute approximate surface area is 110 Å². The van der Waals surface area contributed by atoms with Gasteiger partial charge in [0.15, 0.2) is 0 Å². The van der Waals surface area contributed by atoms with Gasteiger partial charge in [-0.15, -0.1) is 0 Å². The van der Waals surface area contributed by atoms with Crippen molar-refractivity contribution in [1.29, 1.82) is 0 Å². The first kappa shape index (κ1) is 12.3. The summed E-state index contributed by atoms with van der Waals surface area (Å²) in [5.41, 5.74) is 6.52. The first-order valence-electron chi connectivity index (χ1n) is 7.40. The van der Waals surface area contributed by atoms with Gasteiger partial charge in [0, 0.05) is 23.9 Å². The minimum absolute atomic E-state index is 0.369. The van der Waals surface area contributed by atoms with Crippen molar-refractivity contribution in [2.24, 2.45) is 11.7 Å². The molecule has 0 spiro atoms. The number of nitrogens with zero attached hydrogens (tertiary/aromatic N) is 1. The lowest BCUT2D eigenvalue weighted by Gasteiger charge is -2.43. The Balaban J connectivity index is 1.75. The van der Waals surface area contributed by atoms with Gasteiger partial charge in [0.1, 0.15) is 0 Å². The van der Waals surface area contributed by atoms with Crippen molar-refractivity contribution in [2.75, 3.05) is 24.6 Å². The van der Waals surface area contributed by atoms with Gasteiger partial charge in [0.05, 0.1) is 0 Å². The van der Waals surface area contributed by atoms with Gasteiger partial charge in [-0.25, -0.2) is 0 Å². The van der Waals surface area contributed by atoms with Crippen LogP contribution in [0.1, 0.15) is 44.9 Å². The Morgan fingerprint density at radius 3 is 2.65 bits per heavy atom. The van der Waals surface area contributed by atoms with Gasteiger partial charge in [0.25, 0.3) is 0 Å². The summed E-state index contributed by atoms with van der Waals surface area (Å²) in [7, 11) is 0. The third kappa shape index (κ3) is 2.15. The number of rotatable bonds is 3. The zero-order valence-electron chi connectivity index (χ0n) is 10.9. The molecule has 3 aliphatic rings. The molecule has 2 unspecified atom stereocenters. The van der Waals surface area contributed by atoms with Crippen LogP contribution in [0.3, 0.4) is 0 Å². The van der Waals surface area contributed by atoms with E-state index in [0.717, 1.165) is 18.5 Å². The number of likely N-dealkylation sites (tertiary alicyclic amines) is 1. The fraction of sp³-hybridized carbons (Fsp3) is 1.00. The summed E-state index contributed by atoms with van der Waals surface area (Å²) in [6, 6.07) is 0.875. The monoisotopic (exact) mass is 254 g/mol. The highest BCUT2D eigenvalue weighted by Gasteiger charge is 2.46. The van der Waals surface area contributed by atoms with Crippen molar-refractivity contribution in [3.8, 4) is 0 Å². The predicted octanol–water partition coefficient (Wildman–Crippen LogP) is 2.48. The molecule has 17 heavy (non-hydrogen) atoms. The summed E-state index contributed by atoms with van der Waals surface area (Å²) in [5, 5.41) is 0. The first-order valence-corrected chi connectivity index (χ1v) is 8.56. The van der Waals surface area contributed by atoms with E-state index in [0.29, 0.717) is 5.54 Å². The van der Waals surface area contributed by atoms with Crippen LogP contribution in [0, 0.1) is 5.92 Å². The summed E-state index contributed by atoms with van der Waals surface area (Å²) < 4.78 is 0. The maximum atomic E-state index is 6.15. The van der Waals surface area contributed by atoms with Crippen LogP contribution >= 0.6 is 11.8 Å². The highest BCUT2D eigenvalue weighted by Crippen LogP contribution is 2.42. The molecule has 3 fully saturated rings. The molecule has 2 N–H and O–H groups in total. The highest BCUT2D eigenvalue weighted by molar-refractivity contribution is 7.99. The molecular weight excluding hydrogens is 228 g/mol. The van der Waals surface area contributed by atoms with Crippen LogP contribution in [0.4, 0.5) is 0 Å². The van der Waals surface area contributed by atoms with Gasteiger partial charge in [-0.2, -0.15) is 11.8 Å². The average molecular weight is 254 g/mol. The van der Waals surface area contributed by atoms with E-state index in [-0.39, 0.29) is 0 Å². The van der Waals surface area contributed by atoms with Gasteiger partial charge in [-0.3, -0.25) is 4.90 Å². The van der Waals surface area contributed by atoms with Crippen LogP contribution in [0.25, 0.3) is 0 Å². The van der Waals surface area contributed by atoms with Gasteiger partial charge in [-0.1, -0.05) is 12.8 Å². The third-order valence-corrected chi connectivity index (χ3v) is 6.55. The molecule has 2 aliphatic heterocycles. The molecular formula is C14H26N2S. The molecule has 1 aliphatic carbocycles. The molecule has 3 heteroatoms. The lowest BCUT2D eigenvalue weighted by Crippen LogP contribution is -2.57. The predicted molar refractivity (Wildman–Crippen MR) is 75.4 cm³/mol. The molecule has 3 rings (SSSR count). The van der Waals surface area contributed by atoms with Crippen molar-refractivity contribution >= 4 is 11.8 Å². The maximum Gasteiger partial charge on any atom is 0.0432 e. The van der Waals surface area contributed by atoms with Crippen LogP contribution < -0.4 is 5.73 Å². The molecule has 2 heterocycles. The van der Waals surface area contributed by atoms with E-state index < -0.39 is 0 Å². The Morgan fingerprint density at radius 2 is 2.00 bits per heavy atom. The Bertz CT molecular complexity index is 257. The minimum Gasteiger partial charge on any atom is -0.329 e. The number of thioether (sulfide) groups is 1. The molecule has 0 aromatic rings. The Kier molecular flexibility index (Phi) is 3.69. The second-order valence-electron chi connectivity index (χ2n) is 6.18. The van der Waals surface area contributed by atoms with E-state index in [2.05, 4.69) is 16.7 Å². The van der Waals surface area contributed by atoms with Crippen molar-refractivity contribution in [1.82, 2.24) is 4.90 Å². The summed E-state index contributed by atoms with van der Waals surface area (Å²) in [4.78, 5) is 2.85. The standard InChI is InChI=1S/C14H26N2S/c15-10-14(7-9-17-11-14)16-8-3-6-13(16)12-4-1-2-5-12/h12-13H,1-11,15H2. The van der Waals surface area contributed by atoms with Gasteiger partial charge >= 0.3 is 0 Å². The number of hydrogen-bond donors (Lipinski definition) is 1. The van der Waals surface area contributed by atoms with E-state index >= 15 is 0 Å². The Morgan fingerprint density at radius 1 is 1.18 bits per heavy atom. The van der Waals surface area contributed by atoms with E-state index in [1.165, 1.54) is 63.0 Å². The van der Waals surface area contributed by atoms with E-state index in [4.69, 9.17) is 5.73 Å². The van der Waals surface area contributed by atoms with Crippen molar-refractivity contribution in [2.45, 2.75) is 56.5 Å². The summed E-state index contributed by atoms with van der Waals surface area (Å²) in [5.74, 6) is 3.60. The van der Waals surface area contributed by atoms with Crippen molar-refractivity contribution in [3.05, 3.63) is 0 Å². The van der Waals surface area contributed by atoms with Gasteiger partial charge in [0.2, 0.25) is 0 Å². The molecule has 0 amide bonds. The van der Waals surface area contributed by atoms with Crippen LogP contribution in [-0.2, 0) is 0 Å². The Hall–Kier alpha value is 0.270. The fourth-order valence-electron chi connectivity index (χ4n) is 4.31. The van der Waals surface area contributed by atoms with Gasteiger partial charge < -0.3 is 5.73 Å². The smallest absolute Gasteiger partial charge is 0.0432 e. The summed E-state index contributed by atoms with van der Waals surface area (Å²) in [6.07, 6.45) is 10.1. The molecule has 1 saturated carbocycles. The van der Waals surface area contributed by atoms with Crippen LogP contribution in [-0.4, -0.2) is 41.1 Å².